The van der Waals surface area contributed by atoms with Gasteiger partial charge >= 0.3 is 0 Å². The Kier molecular flexibility index (Phi) is 3.46. The largest absolute Gasteiger partial charge is 0.375 e. The van der Waals surface area contributed by atoms with Crippen LogP contribution in [-0.4, -0.2) is 14.9 Å². The van der Waals surface area contributed by atoms with Gasteiger partial charge in [-0.2, -0.15) is 0 Å². The number of non-ortho nitro benzene ring substituents is 1. The lowest BCUT2D eigenvalue weighted by atomic mass is 10.2. The van der Waals surface area contributed by atoms with Crippen LogP contribution in [0.25, 0.3) is 11.0 Å². The molecule has 0 spiro atoms. The molecule has 0 unspecified atom stereocenters. The highest BCUT2D eigenvalue weighted by molar-refractivity contribution is 5.78. The minimum absolute atomic E-state index is 0.197. The molecule has 0 atom stereocenters. The molecular weight excluding hydrogens is 287 g/mol. The molecule has 0 aliphatic rings. The van der Waals surface area contributed by atoms with Gasteiger partial charge in [0, 0.05) is 6.07 Å². The van der Waals surface area contributed by atoms with Crippen molar-refractivity contribution in [3.05, 3.63) is 63.7 Å². The van der Waals surface area contributed by atoms with Gasteiger partial charge in [-0.3, -0.25) is 10.1 Å². The summed E-state index contributed by atoms with van der Waals surface area (Å²) in [6.45, 7) is 2.26. The monoisotopic (exact) mass is 300 g/mol. The highest BCUT2D eigenvalue weighted by Crippen LogP contribution is 2.21. The highest BCUT2D eigenvalue weighted by atomic mass is 19.1. The Morgan fingerprint density at radius 2 is 2.18 bits per heavy atom. The number of fused-ring (bicyclic) bond motifs is 1. The Morgan fingerprint density at radius 1 is 1.36 bits per heavy atom. The van der Waals surface area contributed by atoms with Gasteiger partial charge in [-0.1, -0.05) is 12.1 Å². The van der Waals surface area contributed by atoms with E-state index < -0.39 is 10.7 Å². The normalized spacial score (nSPS) is 10.8. The molecule has 0 saturated heterocycles. The highest BCUT2D eigenvalue weighted by Gasteiger charge is 2.11. The summed E-state index contributed by atoms with van der Waals surface area (Å²) in [6, 6.07) is 9.32. The number of hydrogen-bond donors (Lipinski definition) is 2. The molecule has 1 heterocycles. The number of H-pyrrole nitrogens is 1. The van der Waals surface area contributed by atoms with Crippen LogP contribution in [0.3, 0.4) is 0 Å². The van der Waals surface area contributed by atoms with Crippen molar-refractivity contribution in [2.24, 2.45) is 0 Å². The number of anilines is 1. The van der Waals surface area contributed by atoms with Gasteiger partial charge in [0.15, 0.2) is 5.82 Å². The molecule has 0 aliphatic carbocycles. The van der Waals surface area contributed by atoms with Gasteiger partial charge in [0.25, 0.3) is 5.69 Å². The first-order valence-electron chi connectivity index (χ1n) is 6.66. The van der Waals surface area contributed by atoms with Gasteiger partial charge in [0.05, 0.1) is 34.3 Å². The molecule has 0 aliphatic heterocycles. The molecule has 1 aromatic heterocycles. The summed E-state index contributed by atoms with van der Waals surface area (Å²) in [5.41, 5.74) is 2.77. The van der Waals surface area contributed by atoms with Crippen molar-refractivity contribution in [3.8, 4) is 0 Å². The van der Waals surface area contributed by atoms with Crippen LogP contribution >= 0.6 is 0 Å². The number of aromatic nitrogens is 2. The average molecular weight is 300 g/mol. The minimum atomic E-state index is -0.665. The zero-order valence-electron chi connectivity index (χ0n) is 11.8. The lowest BCUT2D eigenvalue weighted by Crippen LogP contribution is -2.03. The van der Waals surface area contributed by atoms with E-state index in [-0.39, 0.29) is 11.4 Å². The van der Waals surface area contributed by atoms with E-state index in [1.54, 1.807) is 0 Å². The summed E-state index contributed by atoms with van der Waals surface area (Å²) in [5.74, 6) is 0.00328. The second-order valence-electron chi connectivity index (χ2n) is 4.93. The van der Waals surface area contributed by atoms with Gasteiger partial charge < -0.3 is 10.3 Å². The fraction of sp³-hybridized carbons (Fsp3) is 0.133. The van der Waals surface area contributed by atoms with Crippen molar-refractivity contribution in [2.45, 2.75) is 13.5 Å². The van der Waals surface area contributed by atoms with Gasteiger partial charge in [-0.05, 0) is 24.6 Å². The lowest BCUT2D eigenvalue weighted by Gasteiger charge is -2.05. The molecule has 0 radical (unpaired) electrons. The number of rotatable bonds is 4. The van der Waals surface area contributed by atoms with E-state index in [9.17, 15) is 14.5 Å². The zero-order chi connectivity index (χ0) is 15.7. The molecule has 0 bridgehead atoms. The number of hydrogen-bond acceptors (Lipinski definition) is 4. The average Bonchev–Trinajstić information content (AvgIpc) is 2.90. The molecule has 112 valence electrons. The van der Waals surface area contributed by atoms with Crippen molar-refractivity contribution in [3.63, 3.8) is 0 Å². The first-order valence-corrected chi connectivity index (χ1v) is 6.66. The minimum Gasteiger partial charge on any atom is -0.375 e. The molecule has 3 rings (SSSR count). The van der Waals surface area contributed by atoms with Crippen molar-refractivity contribution >= 4 is 22.4 Å². The second kappa shape index (κ2) is 5.44. The van der Waals surface area contributed by atoms with E-state index in [1.165, 1.54) is 12.1 Å². The van der Waals surface area contributed by atoms with Crippen molar-refractivity contribution in [1.82, 2.24) is 9.97 Å². The molecule has 6 nitrogen and oxygen atoms in total. The first kappa shape index (κ1) is 14.0. The molecule has 0 amide bonds. The Balaban J connectivity index is 1.79. The third-order valence-corrected chi connectivity index (χ3v) is 3.37. The Hall–Kier alpha value is -2.96. The van der Waals surface area contributed by atoms with Crippen LogP contribution in [-0.2, 0) is 6.54 Å². The second-order valence-corrected chi connectivity index (χ2v) is 4.93. The predicted octanol–water partition coefficient (Wildman–Crippen LogP) is 3.53. The Bertz CT molecular complexity index is 860. The molecule has 2 aromatic carbocycles. The van der Waals surface area contributed by atoms with Crippen molar-refractivity contribution < 1.29 is 9.31 Å². The number of nitro groups is 1. The van der Waals surface area contributed by atoms with E-state index in [2.05, 4.69) is 15.3 Å². The van der Waals surface area contributed by atoms with Gasteiger partial charge in [0.1, 0.15) is 5.82 Å². The number of imidazole rings is 1. The van der Waals surface area contributed by atoms with E-state index in [0.717, 1.165) is 22.7 Å². The van der Waals surface area contributed by atoms with Crippen LogP contribution in [0, 0.1) is 22.9 Å². The maximum absolute atomic E-state index is 13.8. The molecule has 7 heteroatoms. The van der Waals surface area contributed by atoms with E-state index in [1.807, 2.05) is 25.1 Å². The summed E-state index contributed by atoms with van der Waals surface area (Å²) in [7, 11) is 0. The summed E-state index contributed by atoms with van der Waals surface area (Å²) in [5, 5.41) is 13.5. The maximum atomic E-state index is 13.8. The molecule has 22 heavy (non-hydrogen) atoms. The van der Waals surface area contributed by atoms with E-state index in [4.69, 9.17) is 0 Å². The molecular formula is C15H13FN4O2. The van der Waals surface area contributed by atoms with Crippen LogP contribution in [0.4, 0.5) is 15.8 Å². The molecule has 2 N–H and O–H groups in total. The summed E-state index contributed by atoms with van der Waals surface area (Å²) in [4.78, 5) is 17.6. The van der Waals surface area contributed by atoms with Crippen LogP contribution in [0.5, 0.6) is 0 Å². The number of nitrogens with zero attached hydrogens (tertiary/aromatic N) is 2. The van der Waals surface area contributed by atoms with Gasteiger partial charge in [-0.15, -0.1) is 0 Å². The van der Waals surface area contributed by atoms with Crippen LogP contribution in [0.15, 0.2) is 36.4 Å². The number of benzene rings is 2. The number of aryl methyl sites for hydroxylation is 1. The Labute approximate surface area is 125 Å². The molecule has 0 fully saturated rings. The van der Waals surface area contributed by atoms with E-state index >= 15 is 0 Å². The van der Waals surface area contributed by atoms with Gasteiger partial charge in [0.2, 0.25) is 0 Å². The smallest absolute Gasteiger partial charge is 0.272 e. The number of aromatic amines is 1. The first-order chi connectivity index (χ1) is 10.5. The fourth-order valence-corrected chi connectivity index (χ4v) is 2.25. The molecule has 3 aromatic rings. The third kappa shape index (κ3) is 2.60. The summed E-state index contributed by atoms with van der Waals surface area (Å²) in [6.07, 6.45) is 0. The third-order valence-electron chi connectivity index (χ3n) is 3.37. The standard InChI is InChI=1S/C15H13FN4O2/c1-9-3-2-4-13-15(9)19-14(18-13)8-17-12-6-5-10(20(21)22)7-11(12)16/h2-7,17H,8H2,1H3,(H,18,19). The van der Waals surface area contributed by atoms with Crippen molar-refractivity contribution in [2.75, 3.05) is 5.32 Å². The zero-order valence-corrected chi connectivity index (χ0v) is 11.8. The number of para-hydroxylation sites is 1. The number of halogens is 1. The van der Waals surface area contributed by atoms with Crippen LogP contribution in [0.2, 0.25) is 0 Å². The van der Waals surface area contributed by atoms with Gasteiger partial charge in [-0.25, -0.2) is 9.37 Å². The predicted molar refractivity (Wildman–Crippen MR) is 81.2 cm³/mol. The fourth-order valence-electron chi connectivity index (χ4n) is 2.25. The quantitative estimate of drug-likeness (QED) is 0.570. The molecule has 0 saturated carbocycles. The van der Waals surface area contributed by atoms with Crippen LogP contribution in [0.1, 0.15) is 11.4 Å². The van der Waals surface area contributed by atoms with E-state index in [0.29, 0.717) is 12.4 Å². The van der Waals surface area contributed by atoms with Crippen LogP contribution < -0.4 is 5.32 Å². The summed E-state index contributed by atoms with van der Waals surface area (Å²) < 4.78 is 13.8. The topological polar surface area (TPSA) is 83.8 Å². The number of nitro benzene ring substituents is 1. The Morgan fingerprint density at radius 3 is 2.86 bits per heavy atom. The SMILES string of the molecule is Cc1cccc2[nH]c(CNc3ccc([N+](=O)[O-])cc3F)nc12. The lowest BCUT2D eigenvalue weighted by molar-refractivity contribution is -0.385. The van der Waals surface area contributed by atoms with Crippen molar-refractivity contribution in [1.29, 1.82) is 0 Å². The summed E-state index contributed by atoms with van der Waals surface area (Å²) >= 11 is 0. The maximum Gasteiger partial charge on any atom is 0.272 e. The number of nitrogens with one attached hydrogen (secondary N) is 2.